The average molecular weight is 392 g/mol. The van der Waals surface area contributed by atoms with Crippen LogP contribution in [0.25, 0.3) is 5.69 Å². The van der Waals surface area contributed by atoms with Crippen LogP contribution in [0.3, 0.4) is 0 Å². The molecule has 0 spiro atoms. The molecule has 3 rings (SSSR count). The van der Waals surface area contributed by atoms with Gasteiger partial charge in [-0.05, 0) is 44.4 Å². The number of para-hydroxylation sites is 1. The number of aromatic nitrogens is 2. The molecule has 0 aliphatic rings. The first-order valence-corrected chi connectivity index (χ1v) is 9.71. The van der Waals surface area contributed by atoms with Gasteiger partial charge in [0.15, 0.2) is 5.69 Å². The fourth-order valence-corrected chi connectivity index (χ4v) is 3.11. The van der Waals surface area contributed by atoms with Crippen LogP contribution in [-0.2, 0) is 22.3 Å². The standard InChI is InChI=1S/C23H24N2O4/c1-3-28-22(26)20-19(16-15-17-11-7-5-8-12-17)24-25(18-13-9-6-10-14-18)21(20)23(27)29-4-2/h5-14H,3-4,15-16H2,1-2H3. The van der Waals surface area contributed by atoms with Gasteiger partial charge in [-0.3, -0.25) is 0 Å². The molecule has 6 nitrogen and oxygen atoms in total. The van der Waals surface area contributed by atoms with Gasteiger partial charge in [0.2, 0.25) is 0 Å². The van der Waals surface area contributed by atoms with Gasteiger partial charge in [0.1, 0.15) is 5.56 Å². The molecule has 1 aromatic heterocycles. The zero-order valence-electron chi connectivity index (χ0n) is 16.6. The highest BCUT2D eigenvalue weighted by molar-refractivity contribution is 6.03. The molecular weight excluding hydrogens is 368 g/mol. The molecule has 2 aromatic carbocycles. The van der Waals surface area contributed by atoms with Crippen molar-refractivity contribution in [3.8, 4) is 5.69 Å². The minimum Gasteiger partial charge on any atom is -0.462 e. The Balaban J connectivity index is 2.10. The van der Waals surface area contributed by atoms with Crippen molar-refractivity contribution in [3.05, 3.63) is 83.2 Å². The van der Waals surface area contributed by atoms with Crippen LogP contribution in [0.15, 0.2) is 60.7 Å². The second-order valence-corrected chi connectivity index (χ2v) is 6.34. The zero-order valence-corrected chi connectivity index (χ0v) is 16.6. The van der Waals surface area contributed by atoms with E-state index in [9.17, 15) is 9.59 Å². The molecule has 150 valence electrons. The maximum atomic E-state index is 12.8. The summed E-state index contributed by atoms with van der Waals surface area (Å²) >= 11 is 0. The van der Waals surface area contributed by atoms with Crippen LogP contribution >= 0.6 is 0 Å². The van der Waals surface area contributed by atoms with Crippen molar-refractivity contribution in [1.82, 2.24) is 9.78 Å². The molecule has 6 heteroatoms. The van der Waals surface area contributed by atoms with E-state index >= 15 is 0 Å². The van der Waals surface area contributed by atoms with E-state index in [1.54, 1.807) is 13.8 Å². The van der Waals surface area contributed by atoms with Gasteiger partial charge in [-0.15, -0.1) is 0 Å². The highest BCUT2D eigenvalue weighted by Gasteiger charge is 2.30. The predicted octanol–water partition coefficient (Wildman–Crippen LogP) is 4.01. The summed E-state index contributed by atoms with van der Waals surface area (Å²) in [6.45, 7) is 3.85. The summed E-state index contributed by atoms with van der Waals surface area (Å²) in [6.07, 6.45) is 1.17. The lowest BCUT2D eigenvalue weighted by atomic mass is 10.0. The Labute approximate surface area is 170 Å². The minimum absolute atomic E-state index is 0.0968. The summed E-state index contributed by atoms with van der Waals surface area (Å²) in [4.78, 5) is 25.5. The topological polar surface area (TPSA) is 70.4 Å². The van der Waals surface area contributed by atoms with Crippen LogP contribution in [0.1, 0.15) is 46.0 Å². The second-order valence-electron chi connectivity index (χ2n) is 6.34. The highest BCUT2D eigenvalue weighted by Crippen LogP contribution is 2.23. The molecule has 29 heavy (non-hydrogen) atoms. The molecule has 0 aliphatic carbocycles. The molecule has 0 aliphatic heterocycles. The number of ether oxygens (including phenoxy) is 2. The summed E-state index contributed by atoms with van der Waals surface area (Å²) in [5.74, 6) is -1.17. The van der Waals surface area contributed by atoms with E-state index in [4.69, 9.17) is 9.47 Å². The van der Waals surface area contributed by atoms with Crippen molar-refractivity contribution in [3.63, 3.8) is 0 Å². The molecule has 0 atom stereocenters. The van der Waals surface area contributed by atoms with E-state index in [0.717, 1.165) is 5.56 Å². The summed E-state index contributed by atoms with van der Waals surface area (Å²) in [6, 6.07) is 19.1. The number of hydrogen-bond donors (Lipinski definition) is 0. The van der Waals surface area contributed by atoms with Crippen molar-refractivity contribution >= 4 is 11.9 Å². The molecule has 0 unspecified atom stereocenters. The molecule has 0 radical (unpaired) electrons. The van der Waals surface area contributed by atoms with Crippen LogP contribution in [0, 0.1) is 0 Å². The Morgan fingerprint density at radius 1 is 0.828 bits per heavy atom. The molecule has 0 bridgehead atoms. The van der Waals surface area contributed by atoms with Crippen molar-refractivity contribution in [1.29, 1.82) is 0 Å². The smallest absolute Gasteiger partial charge is 0.357 e. The summed E-state index contributed by atoms with van der Waals surface area (Å²) in [5, 5.41) is 4.62. The molecular formula is C23H24N2O4. The Morgan fingerprint density at radius 2 is 1.41 bits per heavy atom. The number of nitrogens with zero attached hydrogens (tertiary/aromatic N) is 2. The molecule has 3 aromatic rings. The Hall–Kier alpha value is -3.41. The Bertz CT molecular complexity index is 965. The van der Waals surface area contributed by atoms with Gasteiger partial charge < -0.3 is 9.47 Å². The van der Waals surface area contributed by atoms with E-state index in [1.807, 2.05) is 60.7 Å². The van der Waals surface area contributed by atoms with Crippen molar-refractivity contribution in [2.24, 2.45) is 0 Å². The molecule has 0 fully saturated rings. The summed E-state index contributed by atoms with van der Waals surface area (Å²) < 4.78 is 11.9. The third-order valence-corrected chi connectivity index (χ3v) is 4.40. The van der Waals surface area contributed by atoms with Gasteiger partial charge in [-0.25, -0.2) is 14.3 Å². The quantitative estimate of drug-likeness (QED) is 0.542. The van der Waals surface area contributed by atoms with E-state index < -0.39 is 11.9 Å². The number of aryl methyl sites for hydroxylation is 2. The van der Waals surface area contributed by atoms with Gasteiger partial charge in [0.05, 0.1) is 24.6 Å². The lowest BCUT2D eigenvalue weighted by Gasteiger charge is -2.08. The van der Waals surface area contributed by atoms with Crippen LogP contribution in [0.5, 0.6) is 0 Å². The van der Waals surface area contributed by atoms with Crippen LogP contribution in [0.4, 0.5) is 0 Å². The third-order valence-electron chi connectivity index (χ3n) is 4.40. The van der Waals surface area contributed by atoms with Crippen LogP contribution in [-0.4, -0.2) is 34.9 Å². The van der Waals surface area contributed by atoms with Crippen LogP contribution in [0.2, 0.25) is 0 Å². The number of hydrogen-bond acceptors (Lipinski definition) is 5. The zero-order chi connectivity index (χ0) is 20.6. The number of rotatable bonds is 8. The average Bonchev–Trinajstić information content (AvgIpc) is 3.14. The maximum Gasteiger partial charge on any atom is 0.357 e. The molecule has 0 amide bonds. The van der Waals surface area contributed by atoms with Crippen molar-refractivity contribution in [2.75, 3.05) is 13.2 Å². The maximum absolute atomic E-state index is 12.8. The largest absolute Gasteiger partial charge is 0.462 e. The van der Waals surface area contributed by atoms with E-state index in [2.05, 4.69) is 5.10 Å². The fraction of sp³-hybridized carbons (Fsp3) is 0.261. The van der Waals surface area contributed by atoms with E-state index in [1.165, 1.54) is 4.68 Å². The first kappa shape index (κ1) is 20.3. The predicted molar refractivity (Wildman–Crippen MR) is 109 cm³/mol. The van der Waals surface area contributed by atoms with Gasteiger partial charge >= 0.3 is 11.9 Å². The van der Waals surface area contributed by atoms with E-state index in [-0.39, 0.29) is 24.5 Å². The fourth-order valence-electron chi connectivity index (χ4n) is 3.11. The molecule has 0 saturated heterocycles. The molecule has 0 saturated carbocycles. The molecule has 1 heterocycles. The lowest BCUT2D eigenvalue weighted by Crippen LogP contribution is -2.17. The number of carbonyl (C=O) groups is 2. The number of benzene rings is 2. The SMILES string of the molecule is CCOC(=O)c1c(CCc2ccccc2)nn(-c2ccccc2)c1C(=O)OCC. The van der Waals surface area contributed by atoms with Crippen LogP contribution < -0.4 is 0 Å². The minimum atomic E-state index is -0.599. The Morgan fingerprint density at radius 3 is 2.03 bits per heavy atom. The first-order chi connectivity index (χ1) is 14.2. The lowest BCUT2D eigenvalue weighted by molar-refractivity contribution is 0.0472. The monoisotopic (exact) mass is 392 g/mol. The molecule has 0 N–H and O–H groups in total. The van der Waals surface area contributed by atoms with Gasteiger partial charge in [-0.2, -0.15) is 5.10 Å². The summed E-state index contributed by atoms with van der Waals surface area (Å²) in [7, 11) is 0. The van der Waals surface area contributed by atoms with Gasteiger partial charge in [-0.1, -0.05) is 48.5 Å². The van der Waals surface area contributed by atoms with Gasteiger partial charge in [0.25, 0.3) is 0 Å². The number of carbonyl (C=O) groups excluding carboxylic acids is 2. The normalized spacial score (nSPS) is 10.6. The van der Waals surface area contributed by atoms with Gasteiger partial charge in [0, 0.05) is 0 Å². The highest BCUT2D eigenvalue weighted by atomic mass is 16.5. The Kier molecular flexibility index (Phi) is 6.79. The van der Waals surface area contributed by atoms with E-state index in [0.29, 0.717) is 24.2 Å². The van der Waals surface area contributed by atoms with Crippen molar-refractivity contribution < 1.29 is 19.1 Å². The second kappa shape index (κ2) is 9.68. The number of esters is 2. The first-order valence-electron chi connectivity index (χ1n) is 9.71. The third kappa shape index (κ3) is 4.71. The summed E-state index contributed by atoms with van der Waals surface area (Å²) in [5.41, 5.74) is 2.57. The van der Waals surface area contributed by atoms with Crippen molar-refractivity contribution in [2.45, 2.75) is 26.7 Å².